The van der Waals surface area contributed by atoms with Crippen LogP contribution in [0.3, 0.4) is 0 Å². The summed E-state index contributed by atoms with van der Waals surface area (Å²) in [6.45, 7) is 3.92. The van der Waals surface area contributed by atoms with Crippen molar-refractivity contribution in [2.24, 2.45) is 10.3 Å². The molecule has 0 fully saturated rings. The standard InChI is InChI=1S/C23H26N4O7S2/c1-13(2)10-11-23(27-30)16-7-5-4-6-15(16)20(28)19(21(23)29)22-24-17-9-8-14(25-35(3,31)32)12-18(17)36(33,34)26-22/h4-9,12-13,25,27-28,30H,10-11H2,1-3H3,(H,24,26). The van der Waals surface area contributed by atoms with Gasteiger partial charge in [0.15, 0.2) is 11.6 Å². The smallest absolute Gasteiger partial charge is 0.286 e. The largest absolute Gasteiger partial charge is 0.506 e. The van der Waals surface area contributed by atoms with Crippen LogP contribution in [0.1, 0.15) is 37.8 Å². The number of aliphatic hydroxyl groups is 1. The van der Waals surface area contributed by atoms with Gasteiger partial charge in [0.1, 0.15) is 21.8 Å². The molecule has 1 aliphatic carbocycles. The maximum absolute atomic E-state index is 13.9. The number of fused-ring (bicyclic) bond motifs is 2. The van der Waals surface area contributed by atoms with Gasteiger partial charge >= 0.3 is 0 Å². The summed E-state index contributed by atoms with van der Waals surface area (Å²) in [5.41, 5.74) is 0.768. The molecule has 0 saturated heterocycles. The van der Waals surface area contributed by atoms with Gasteiger partial charge in [0, 0.05) is 11.3 Å². The highest BCUT2D eigenvalue weighted by molar-refractivity contribution is 7.92. The van der Waals surface area contributed by atoms with Crippen LogP contribution >= 0.6 is 0 Å². The van der Waals surface area contributed by atoms with Gasteiger partial charge in [0.05, 0.1) is 11.9 Å². The van der Waals surface area contributed by atoms with E-state index in [9.17, 15) is 31.9 Å². The Morgan fingerprint density at radius 1 is 1.17 bits per heavy atom. The summed E-state index contributed by atoms with van der Waals surface area (Å²) < 4.78 is 55.2. The number of rotatable bonds is 7. The number of hydroxylamine groups is 1. The van der Waals surface area contributed by atoms with E-state index in [-0.39, 0.29) is 34.2 Å². The molecule has 4 rings (SSSR count). The first-order valence-electron chi connectivity index (χ1n) is 11.0. The topological polar surface area (TPSA) is 174 Å². The number of Topliss-reactive ketones (excluding diaryl/α,β-unsaturated/α-hetero) is 1. The Bertz CT molecular complexity index is 1530. The van der Waals surface area contributed by atoms with Crippen molar-refractivity contribution < 1.29 is 31.9 Å². The highest BCUT2D eigenvalue weighted by Crippen LogP contribution is 2.43. The minimum absolute atomic E-state index is 0.0159. The number of benzene rings is 2. The Labute approximate surface area is 209 Å². The molecule has 2 aromatic carbocycles. The molecule has 2 aliphatic rings. The molecule has 1 atom stereocenters. The molecule has 0 bridgehead atoms. The maximum Gasteiger partial charge on any atom is 0.286 e. The van der Waals surface area contributed by atoms with Crippen molar-refractivity contribution in [3.05, 3.63) is 59.2 Å². The summed E-state index contributed by atoms with van der Waals surface area (Å²) in [6, 6.07) is 10.3. The van der Waals surface area contributed by atoms with E-state index in [1.165, 1.54) is 12.1 Å². The van der Waals surface area contributed by atoms with Crippen LogP contribution < -0.4 is 15.5 Å². The lowest BCUT2D eigenvalue weighted by Gasteiger charge is -2.38. The molecule has 1 unspecified atom stereocenters. The van der Waals surface area contributed by atoms with E-state index in [2.05, 4.69) is 19.9 Å². The highest BCUT2D eigenvalue weighted by Gasteiger charge is 2.49. The van der Waals surface area contributed by atoms with Crippen LogP contribution in [0.4, 0.5) is 11.4 Å². The molecule has 2 aromatic rings. The Morgan fingerprint density at radius 2 is 1.86 bits per heavy atom. The normalized spacial score (nSPS) is 20.9. The van der Waals surface area contributed by atoms with Crippen LogP contribution in [0.5, 0.6) is 0 Å². The Hall–Kier alpha value is -3.26. The third-order valence-corrected chi connectivity index (χ3v) is 7.97. The van der Waals surface area contributed by atoms with E-state index in [0.29, 0.717) is 12.0 Å². The monoisotopic (exact) mass is 534 g/mol. The molecule has 0 amide bonds. The molecule has 0 radical (unpaired) electrons. The molecule has 0 spiro atoms. The van der Waals surface area contributed by atoms with Gasteiger partial charge in [0.25, 0.3) is 10.0 Å². The predicted molar refractivity (Wildman–Crippen MR) is 135 cm³/mol. The molecular formula is C23H26N4O7S2. The van der Waals surface area contributed by atoms with Crippen LogP contribution in [0.25, 0.3) is 5.76 Å². The fourth-order valence-electron chi connectivity index (χ4n) is 4.32. The lowest BCUT2D eigenvalue weighted by Crippen LogP contribution is -2.52. The molecule has 36 heavy (non-hydrogen) atoms. The predicted octanol–water partition coefficient (Wildman–Crippen LogP) is 2.73. The lowest BCUT2D eigenvalue weighted by atomic mass is 9.71. The van der Waals surface area contributed by atoms with Crippen LogP contribution in [0.15, 0.2) is 57.3 Å². The SMILES string of the molecule is CC(C)CCC1(NO)C(=O)C(C2=NS(=O)(=O)c3cc(NS(C)(=O)=O)ccc3N2)=C(O)c2ccccc21. The van der Waals surface area contributed by atoms with Gasteiger partial charge in [-0.2, -0.15) is 13.9 Å². The van der Waals surface area contributed by atoms with Crippen molar-refractivity contribution >= 4 is 48.8 Å². The van der Waals surface area contributed by atoms with Gasteiger partial charge in [-0.15, -0.1) is 4.40 Å². The van der Waals surface area contributed by atoms with Gasteiger partial charge in [-0.25, -0.2) is 8.42 Å². The Balaban J connectivity index is 1.86. The van der Waals surface area contributed by atoms with Crippen LogP contribution in [0, 0.1) is 5.92 Å². The summed E-state index contributed by atoms with van der Waals surface area (Å²) in [6.07, 6.45) is 1.64. The van der Waals surface area contributed by atoms with Gasteiger partial charge in [0.2, 0.25) is 10.0 Å². The van der Waals surface area contributed by atoms with Crippen molar-refractivity contribution in [2.75, 3.05) is 16.3 Å². The molecule has 1 heterocycles. The van der Waals surface area contributed by atoms with E-state index in [1.54, 1.807) is 24.3 Å². The number of nitrogens with one attached hydrogen (secondary N) is 3. The van der Waals surface area contributed by atoms with Crippen LogP contribution in [-0.2, 0) is 30.4 Å². The van der Waals surface area contributed by atoms with Crippen molar-refractivity contribution in [3.63, 3.8) is 0 Å². The lowest BCUT2D eigenvalue weighted by molar-refractivity contribution is -0.127. The van der Waals surface area contributed by atoms with Gasteiger partial charge in [-0.05, 0) is 42.5 Å². The number of amidine groups is 1. The summed E-state index contributed by atoms with van der Waals surface area (Å²) >= 11 is 0. The van der Waals surface area contributed by atoms with E-state index >= 15 is 0 Å². The Kier molecular flexibility index (Phi) is 6.45. The molecular weight excluding hydrogens is 508 g/mol. The maximum atomic E-state index is 13.9. The summed E-state index contributed by atoms with van der Waals surface area (Å²) in [5.74, 6) is -1.45. The number of carbonyl (C=O) groups excluding carboxylic acids is 1. The average molecular weight is 535 g/mol. The van der Waals surface area contributed by atoms with Gasteiger partial charge in [-0.1, -0.05) is 38.1 Å². The fourth-order valence-corrected chi connectivity index (χ4v) is 6.03. The van der Waals surface area contributed by atoms with Crippen LogP contribution in [0.2, 0.25) is 0 Å². The first-order chi connectivity index (χ1) is 16.8. The van der Waals surface area contributed by atoms with E-state index < -0.39 is 48.5 Å². The highest BCUT2D eigenvalue weighted by atomic mass is 32.2. The molecule has 192 valence electrons. The number of aliphatic hydroxyl groups excluding tert-OH is 1. The van der Waals surface area contributed by atoms with Gasteiger partial charge in [-0.3, -0.25) is 9.52 Å². The minimum Gasteiger partial charge on any atom is -0.506 e. The number of anilines is 2. The zero-order valence-electron chi connectivity index (χ0n) is 19.7. The Morgan fingerprint density at radius 3 is 2.50 bits per heavy atom. The van der Waals surface area contributed by atoms with E-state index in [0.717, 1.165) is 12.3 Å². The molecule has 11 nitrogen and oxygen atoms in total. The average Bonchev–Trinajstić information content (AvgIpc) is 2.78. The third kappa shape index (κ3) is 4.50. The summed E-state index contributed by atoms with van der Waals surface area (Å²) in [4.78, 5) is 13.6. The quantitative estimate of drug-likeness (QED) is 0.335. The molecule has 13 heteroatoms. The molecule has 5 N–H and O–H groups in total. The summed E-state index contributed by atoms with van der Waals surface area (Å²) in [5, 5.41) is 24.1. The van der Waals surface area contributed by atoms with E-state index in [4.69, 9.17) is 0 Å². The van der Waals surface area contributed by atoms with Crippen molar-refractivity contribution in [2.45, 2.75) is 37.1 Å². The van der Waals surface area contributed by atoms with E-state index in [1.807, 2.05) is 13.8 Å². The summed E-state index contributed by atoms with van der Waals surface area (Å²) in [7, 11) is -8.06. The second-order valence-electron chi connectivity index (χ2n) is 9.17. The third-order valence-electron chi connectivity index (χ3n) is 6.05. The number of sulfonamides is 2. The molecule has 0 saturated carbocycles. The first-order valence-corrected chi connectivity index (χ1v) is 14.4. The fraction of sp³-hybridized carbons (Fsp3) is 0.304. The second kappa shape index (κ2) is 9.00. The second-order valence-corrected chi connectivity index (χ2v) is 12.5. The number of nitrogens with zero attached hydrogens (tertiary/aromatic N) is 1. The first kappa shape index (κ1) is 25.8. The zero-order chi connectivity index (χ0) is 26.5. The molecule has 0 aromatic heterocycles. The number of ketones is 1. The number of hydrogen-bond donors (Lipinski definition) is 5. The zero-order valence-corrected chi connectivity index (χ0v) is 21.4. The van der Waals surface area contributed by atoms with Gasteiger partial charge < -0.3 is 15.6 Å². The number of carbonyl (C=O) groups is 1. The van der Waals surface area contributed by atoms with Crippen molar-refractivity contribution in [1.29, 1.82) is 0 Å². The minimum atomic E-state index is -4.40. The number of hydrogen-bond acceptors (Lipinski definition) is 9. The van der Waals surface area contributed by atoms with Crippen LogP contribution in [-0.4, -0.2) is 45.0 Å². The molecule has 1 aliphatic heterocycles. The van der Waals surface area contributed by atoms with Crippen molar-refractivity contribution in [3.8, 4) is 0 Å². The van der Waals surface area contributed by atoms with Crippen molar-refractivity contribution in [1.82, 2.24) is 5.48 Å².